The summed E-state index contributed by atoms with van der Waals surface area (Å²) in [4.78, 5) is 4.41. The summed E-state index contributed by atoms with van der Waals surface area (Å²) >= 11 is 1.50. The Morgan fingerprint density at radius 3 is 3.05 bits per heavy atom. The van der Waals surface area contributed by atoms with Crippen molar-refractivity contribution in [1.29, 1.82) is 0 Å². The van der Waals surface area contributed by atoms with Gasteiger partial charge in [0.05, 0.1) is 5.75 Å². The number of para-hydroxylation sites is 2. The number of aromatic nitrogens is 5. The molecule has 7 heteroatoms. The quantitative estimate of drug-likeness (QED) is 0.666. The fourth-order valence-corrected chi connectivity index (χ4v) is 2.52. The van der Waals surface area contributed by atoms with Crippen LogP contribution in [0.2, 0.25) is 0 Å². The molecule has 98 valence electrons. The lowest BCUT2D eigenvalue weighted by atomic mass is 10.3. The normalized spacial score (nSPS) is 11.2. The molecule has 0 amide bonds. The molecule has 2 aromatic heterocycles. The highest BCUT2D eigenvalue weighted by molar-refractivity contribution is 7.98. The van der Waals surface area contributed by atoms with Gasteiger partial charge in [-0.1, -0.05) is 30.8 Å². The smallest absolute Gasteiger partial charge is 0.257 e. The lowest BCUT2D eigenvalue weighted by Gasteiger charge is -2.00. The number of rotatable bonds is 5. The van der Waals surface area contributed by atoms with Gasteiger partial charge in [-0.2, -0.15) is 0 Å². The van der Waals surface area contributed by atoms with Crippen molar-refractivity contribution in [2.45, 2.75) is 30.9 Å². The Bertz CT molecular complexity index is 644. The van der Waals surface area contributed by atoms with Gasteiger partial charge < -0.3 is 4.42 Å². The van der Waals surface area contributed by atoms with Crippen molar-refractivity contribution < 1.29 is 4.42 Å². The zero-order valence-electron chi connectivity index (χ0n) is 10.5. The Hall–Kier alpha value is -1.89. The maximum absolute atomic E-state index is 5.64. The van der Waals surface area contributed by atoms with Crippen LogP contribution in [0.4, 0.5) is 0 Å². The molecule has 1 aromatic carbocycles. The van der Waals surface area contributed by atoms with Crippen LogP contribution in [0.15, 0.2) is 33.9 Å². The zero-order chi connectivity index (χ0) is 13.1. The average molecular weight is 275 g/mol. The Labute approximate surface area is 114 Å². The van der Waals surface area contributed by atoms with E-state index in [1.165, 1.54) is 11.8 Å². The number of oxazole rings is 1. The first-order valence-corrected chi connectivity index (χ1v) is 7.09. The molecular weight excluding hydrogens is 262 g/mol. The number of benzene rings is 1. The molecule has 0 bridgehead atoms. The molecule has 6 nitrogen and oxygen atoms in total. The van der Waals surface area contributed by atoms with E-state index in [0.29, 0.717) is 11.0 Å². The molecule has 0 radical (unpaired) electrons. The third-order valence-corrected chi connectivity index (χ3v) is 3.46. The summed E-state index contributed by atoms with van der Waals surface area (Å²) in [6.45, 7) is 2.93. The Balaban J connectivity index is 1.73. The first kappa shape index (κ1) is 12.2. The minimum Gasteiger partial charge on any atom is -0.431 e. The second-order valence-corrected chi connectivity index (χ2v) is 4.98. The van der Waals surface area contributed by atoms with Gasteiger partial charge in [-0.05, 0) is 29.0 Å². The number of nitrogens with zero attached hydrogens (tertiary/aromatic N) is 5. The highest BCUT2D eigenvalue weighted by Gasteiger charge is 2.10. The van der Waals surface area contributed by atoms with Gasteiger partial charge in [0.1, 0.15) is 5.52 Å². The standard InChI is InChI=1S/C12H13N5OS/c1-2-7-17-11(14-15-16-17)8-19-12-13-9-5-3-4-6-10(9)18-12/h3-6H,2,7-8H2,1H3. The first-order valence-electron chi connectivity index (χ1n) is 6.10. The summed E-state index contributed by atoms with van der Waals surface area (Å²) in [6, 6.07) is 7.72. The second-order valence-electron chi connectivity index (χ2n) is 4.05. The number of tetrazole rings is 1. The molecular formula is C12H13N5OS. The van der Waals surface area contributed by atoms with E-state index in [2.05, 4.69) is 27.4 Å². The van der Waals surface area contributed by atoms with Gasteiger partial charge in [0, 0.05) is 6.54 Å². The predicted molar refractivity (Wildman–Crippen MR) is 71.7 cm³/mol. The van der Waals surface area contributed by atoms with Crippen molar-refractivity contribution in [3.05, 3.63) is 30.1 Å². The summed E-state index contributed by atoms with van der Waals surface area (Å²) < 4.78 is 7.46. The first-order chi connectivity index (χ1) is 9.36. The number of thioether (sulfide) groups is 1. The van der Waals surface area contributed by atoms with Gasteiger partial charge in [-0.3, -0.25) is 0 Å². The molecule has 2 heterocycles. The average Bonchev–Trinajstić information content (AvgIpc) is 3.02. The highest BCUT2D eigenvalue weighted by Crippen LogP contribution is 2.25. The van der Waals surface area contributed by atoms with Gasteiger partial charge in [0.2, 0.25) is 0 Å². The molecule has 0 saturated carbocycles. The summed E-state index contributed by atoms with van der Waals surface area (Å²) in [5.41, 5.74) is 1.68. The van der Waals surface area contributed by atoms with Crippen LogP contribution in [0.5, 0.6) is 0 Å². The predicted octanol–water partition coefficient (Wildman–Crippen LogP) is 2.52. The molecule has 0 N–H and O–H groups in total. The lowest BCUT2D eigenvalue weighted by molar-refractivity contribution is 0.489. The monoisotopic (exact) mass is 275 g/mol. The molecule has 0 atom stereocenters. The van der Waals surface area contributed by atoms with E-state index in [-0.39, 0.29) is 0 Å². The fourth-order valence-electron chi connectivity index (χ4n) is 1.75. The van der Waals surface area contributed by atoms with Crippen LogP contribution in [0, 0.1) is 0 Å². The van der Waals surface area contributed by atoms with Crippen molar-refractivity contribution in [3.63, 3.8) is 0 Å². The van der Waals surface area contributed by atoms with Crippen molar-refractivity contribution in [1.82, 2.24) is 25.2 Å². The van der Waals surface area contributed by atoms with Gasteiger partial charge in [-0.25, -0.2) is 9.67 Å². The minimum atomic E-state index is 0.646. The van der Waals surface area contributed by atoms with Crippen molar-refractivity contribution in [3.8, 4) is 0 Å². The van der Waals surface area contributed by atoms with Crippen molar-refractivity contribution >= 4 is 22.9 Å². The summed E-state index contributed by atoms with van der Waals surface area (Å²) in [5, 5.41) is 12.3. The molecule has 0 fully saturated rings. The molecule has 0 saturated heterocycles. The van der Waals surface area contributed by atoms with E-state index >= 15 is 0 Å². The minimum absolute atomic E-state index is 0.646. The molecule has 0 spiro atoms. The molecule has 0 aliphatic carbocycles. The van der Waals surface area contributed by atoms with Crippen LogP contribution in [-0.4, -0.2) is 25.2 Å². The molecule has 3 aromatic rings. The van der Waals surface area contributed by atoms with Crippen LogP contribution >= 0.6 is 11.8 Å². The number of hydrogen-bond acceptors (Lipinski definition) is 6. The van der Waals surface area contributed by atoms with Crippen LogP contribution in [0.3, 0.4) is 0 Å². The largest absolute Gasteiger partial charge is 0.431 e. The van der Waals surface area contributed by atoms with Gasteiger partial charge in [0.25, 0.3) is 5.22 Å². The van der Waals surface area contributed by atoms with E-state index in [1.54, 1.807) is 0 Å². The van der Waals surface area contributed by atoms with Crippen LogP contribution in [0.1, 0.15) is 19.2 Å². The van der Waals surface area contributed by atoms with E-state index in [4.69, 9.17) is 4.42 Å². The summed E-state index contributed by atoms with van der Waals surface area (Å²) in [5.74, 6) is 1.49. The molecule has 19 heavy (non-hydrogen) atoms. The highest BCUT2D eigenvalue weighted by atomic mass is 32.2. The van der Waals surface area contributed by atoms with Gasteiger partial charge >= 0.3 is 0 Å². The molecule has 0 aliphatic rings. The van der Waals surface area contributed by atoms with E-state index in [0.717, 1.165) is 29.9 Å². The molecule has 3 rings (SSSR count). The van der Waals surface area contributed by atoms with E-state index in [1.807, 2.05) is 28.9 Å². The third kappa shape index (κ3) is 2.60. The van der Waals surface area contributed by atoms with E-state index < -0.39 is 0 Å². The summed E-state index contributed by atoms with van der Waals surface area (Å²) in [6.07, 6.45) is 1.01. The Morgan fingerprint density at radius 2 is 2.21 bits per heavy atom. The van der Waals surface area contributed by atoms with Gasteiger partial charge in [-0.15, -0.1) is 5.10 Å². The van der Waals surface area contributed by atoms with Crippen molar-refractivity contribution in [2.24, 2.45) is 0 Å². The SMILES string of the molecule is CCCn1nnnc1CSc1nc2ccccc2o1. The summed E-state index contributed by atoms with van der Waals surface area (Å²) in [7, 11) is 0. The lowest BCUT2D eigenvalue weighted by Crippen LogP contribution is -2.04. The fraction of sp³-hybridized carbons (Fsp3) is 0.333. The van der Waals surface area contributed by atoms with Crippen LogP contribution < -0.4 is 0 Å². The maximum Gasteiger partial charge on any atom is 0.257 e. The number of hydrogen-bond donors (Lipinski definition) is 0. The van der Waals surface area contributed by atoms with Crippen molar-refractivity contribution in [2.75, 3.05) is 0 Å². The Morgan fingerprint density at radius 1 is 1.32 bits per heavy atom. The van der Waals surface area contributed by atoms with Crippen LogP contribution in [-0.2, 0) is 12.3 Å². The number of fused-ring (bicyclic) bond motifs is 1. The van der Waals surface area contributed by atoms with Crippen LogP contribution in [0.25, 0.3) is 11.1 Å². The molecule has 0 unspecified atom stereocenters. The number of aryl methyl sites for hydroxylation is 1. The maximum atomic E-state index is 5.64. The Kier molecular flexibility index (Phi) is 3.45. The van der Waals surface area contributed by atoms with E-state index in [9.17, 15) is 0 Å². The zero-order valence-corrected chi connectivity index (χ0v) is 11.3. The third-order valence-electron chi connectivity index (χ3n) is 2.64. The second kappa shape index (κ2) is 5.40. The topological polar surface area (TPSA) is 69.6 Å². The molecule has 0 aliphatic heterocycles. The van der Waals surface area contributed by atoms with Gasteiger partial charge in [0.15, 0.2) is 11.4 Å².